The molecule has 0 aliphatic carbocycles. The summed E-state index contributed by atoms with van der Waals surface area (Å²) in [6.45, 7) is 0.272. The van der Waals surface area contributed by atoms with Gasteiger partial charge in [-0.05, 0) is 53.6 Å². The van der Waals surface area contributed by atoms with E-state index >= 15 is 0 Å². The Morgan fingerprint density at radius 1 is 1.00 bits per heavy atom. The van der Waals surface area contributed by atoms with Crippen LogP contribution in [0.1, 0.15) is 16.7 Å². The van der Waals surface area contributed by atoms with E-state index in [4.69, 9.17) is 14.2 Å². The Hall–Kier alpha value is -3.93. The van der Waals surface area contributed by atoms with Crippen LogP contribution in [0.25, 0.3) is 6.08 Å². The molecule has 1 aliphatic heterocycles. The molecular weight excluding hydrogens is 385 g/mol. The number of esters is 1. The van der Waals surface area contributed by atoms with Gasteiger partial charge in [0.1, 0.15) is 12.4 Å². The summed E-state index contributed by atoms with van der Waals surface area (Å²) in [6.07, 6.45) is 1.63. The minimum absolute atomic E-state index is 0.205. The summed E-state index contributed by atoms with van der Waals surface area (Å²) in [5.74, 6) is 0.510. The molecule has 0 fully saturated rings. The summed E-state index contributed by atoms with van der Waals surface area (Å²) in [7, 11) is 1.53. The number of carbonyl (C=O) groups excluding carboxylic acids is 1. The minimum atomic E-state index is -0.510. The SMILES string of the molecule is COc1cc(C=C2N=C(c3ccccc3)OC2=O)ccc1OCc1ccc(F)cc1. The predicted octanol–water partition coefficient (Wildman–Crippen LogP) is 4.76. The zero-order valence-electron chi connectivity index (χ0n) is 16.2. The van der Waals surface area contributed by atoms with Gasteiger partial charge >= 0.3 is 5.97 Å². The molecule has 30 heavy (non-hydrogen) atoms. The number of ether oxygens (including phenoxy) is 3. The third-order valence-corrected chi connectivity index (χ3v) is 4.44. The van der Waals surface area contributed by atoms with E-state index < -0.39 is 5.97 Å². The minimum Gasteiger partial charge on any atom is -0.493 e. The van der Waals surface area contributed by atoms with Gasteiger partial charge in [-0.25, -0.2) is 14.2 Å². The van der Waals surface area contributed by atoms with Crippen molar-refractivity contribution < 1.29 is 23.4 Å². The van der Waals surface area contributed by atoms with Gasteiger partial charge in [-0.15, -0.1) is 0 Å². The normalized spacial score (nSPS) is 14.4. The Morgan fingerprint density at radius 3 is 2.50 bits per heavy atom. The molecule has 1 heterocycles. The molecule has 0 unspecified atom stereocenters. The number of cyclic esters (lactones) is 1. The Balaban J connectivity index is 1.53. The monoisotopic (exact) mass is 403 g/mol. The molecule has 0 N–H and O–H groups in total. The summed E-state index contributed by atoms with van der Waals surface area (Å²) in [6, 6.07) is 20.6. The lowest BCUT2D eigenvalue weighted by molar-refractivity contribution is -0.129. The highest BCUT2D eigenvalue weighted by Gasteiger charge is 2.24. The van der Waals surface area contributed by atoms with Crippen LogP contribution in [0, 0.1) is 5.82 Å². The smallest absolute Gasteiger partial charge is 0.363 e. The molecule has 6 heteroatoms. The molecule has 0 aromatic heterocycles. The number of hydrogen-bond donors (Lipinski definition) is 0. The van der Waals surface area contributed by atoms with Crippen LogP contribution in [-0.4, -0.2) is 19.0 Å². The fourth-order valence-corrected chi connectivity index (χ4v) is 2.91. The van der Waals surface area contributed by atoms with Crippen molar-refractivity contribution in [2.75, 3.05) is 7.11 Å². The lowest BCUT2D eigenvalue weighted by Crippen LogP contribution is -2.04. The summed E-state index contributed by atoms with van der Waals surface area (Å²) >= 11 is 0. The molecule has 150 valence electrons. The first-order valence-corrected chi connectivity index (χ1v) is 9.25. The van der Waals surface area contributed by atoms with Crippen molar-refractivity contribution in [1.29, 1.82) is 0 Å². The van der Waals surface area contributed by atoms with Crippen LogP contribution in [0.3, 0.4) is 0 Å². The van der Waals surface area contributed by atoms with Gasteiger partial charge in [-0.2, -0.15) is 0 Å². The molecule has 3 aromatic rings. The molecule has 3 aromatic carbocycles. The highest BCUT2D eigenvalue weighted by molar-refractivity contribution is 6.12. The van der Waals surface area contributed by atoms with E-state index in [9.17, 15) is 9.18 Å². The van der Waals surface area contributed by atoms with Crippen molar-refractivity contribution in [3.05, 3.63) is 101 Å². The summed E-state index contributed by atoms with van der Waals surface area (Å²) in [5.41, 5.74) is 2.49. The van der Waals surface area contributed by atoms with E-state index in [1.54, 1.807) is 36.4 Å². The van der Waals surface area contributed by atoms with Crippen LogP contribution < -0.4 is 9.47 Å². The van der Waals surface area contributed by atoms with E-state index in [2.05, 4.69) is 4.99 Å². The zero-order chi connectivity index (χ0) is 20.9. The molecule has 0 spiro atoms. The Morgan fingerprint density at radius 2 is 1.77 bits per heavy atom. The Bertz CT molecular complexity index is 1120. The predicted molar refractivity (Wildman–Crippen MR) is 111 cm³/mol. The van der Waals surface area contributed by atoms with Gasteiger partial charge in [0.25, 0.3) is 0 Å². The molecule has 0 amide bonds. The molecule has 0 saturated carbocycles. The first-order chi connectivity index (χ1) is 14.6. The van der Waals surface area contributed by atoms with E-state index in [0.29, 0.717) is 17.1 Å². The number of rotatable bonds is 6. The maximum Gasteiger partial charge on any atom is 0.363 e. The third-order valence-electron chi connectivity index (χ3n) is 4.44. The molecule has 0 atom stereocenters. The first kappa shape index (κ1) is 19.4. The second-order valence-electron chi connectivity index (χ2n) is 6.53. The Labute approximate surface area is 173 Å². The van der Waals surface area contributed by atoms with Gasteiger partial charge in [0.15, 0.2) is 17.2 Å². The zero-order valence-corrected chi connectivity index (χ0v) is 16.2. The van der Waals surface area contributed by atoms with Crippen molar-refractivity contribution in [3.63, 3.8) is 0 Å². The van der Waals surface area contributed by atoms with E-state index in [-0.39, 0.29) is 24.0 Å². The summed E-state index contributed by atoms with van der Waals surface area (Å²) < 4.78 is 29.5. The standard InChI is InChI=1S/C24H18FNO4/c1-28-22-14-17(9-12-21(22)29-15-16-7-10-19(25)11-8-16)13-20-24(27)30-23(26-20)18-5-3-2-4-6-18/h2-14H,15H2,1H3. The topological polar surface area (TPSA) is 57.1 Å². The van der Waals surface area contributed by atoms with Crippen molar-refractivity contribution in [2.45, 2.75) is 6.61 Å². The van der Waals surface area contributed by atoms with Gasteiger partial charge < -0.3 is 14.2 Å². The van der Waals surface area contributed by atoms with Crippen molar-refractivity contribution in [3.8, 4) is 11.5 Å². The number of carbonyl (C=O) groups is 1. The van der Waals surface area contributed by atoms with Crippen LogP contribution in [0.2, 0.25) is 0 Å². The molecule has 0 radical (unpaired) electrons. The fourth-order valence-electron chi connectivity index (χ4n) is 2.91. The number of aliphatic imine (C=N–C) groups is 1. The summed E-state index contributed by atoms with van der Waals surface area (Å²) in [5, 5.41) is 0. The second-order valence-corrected chi connectivity index (χ2v) is 6.53. The lowest BCUT2D eigenvalue weighted by atomic mass is 10.1. The molecular formula is C24H18FNO4. The number of nitrogens with zero attached hydrogens (tertiary/aromatic N) is 1. The van der Waals surface area contributed by atoms with E-state index in [1.165, 1.54) is 19.2 Å². The summed E-state index contributed by atoms with van der Waals surface area (Å²) in [4.78, 5) is 16.5. The molecule has 4 rings (SSSR count). The Kier molecular flexibility index (Phi) is 5.57. The van der Waals surface area contributed by atoms with Gasteiger partial charge in [-0.3, -0.25) is 0 Å². The average molecular weight is 403 g/mol. The van der Waals surface area contributed by atoms with Gasteiger partial charge in [0, 0.05) is 5.56 Å². The second kappa shape index (κ2) is 8.61. The largest absolute Gasteiger partial charge is 0.493 e. The van der Waals surface area contributed by atoms with Crippen molar-refractivity contribution >= 4 is 17.9 Å². The number of halogens is 1. The maximum absolute atomic E-state index is 13.0. The third kappa shape index (κ3) is 4.38. The van der Waals surface area contributed by atoms with Crippen LogP contribution in [0.15, 0.2) is 83.5 Å². The van der Waals surface area contributed by atoms with E-state index in [0.717, 1.165) is 11.1 Å². The van der Waals surface area contributed by atoms with Gasteiger partial charge in [0.05, 0.1) is 7.11 Å². The highest BCUT2D eigenvalue weighted by Crippen LogP contribution is 2.30. The van der Waals surface area contributed by atoms with E-state index in [1.807, 2.05) is 30.3 Å². The number of methoxy groups -OCH3 is 1. The van der Waals surface area contributed by atoms with Gasteiger partial charge in [-0.1, -0.05) is 36.4 Å². The van der Waals surface area contributed by atoms with Gasteiger partial charge in [0.2, 0.25) is 5.90 Å². The van der Waals surface area contributed by atoms with Crippen LogP contribution in [0.4, 0.5) is 4.39 Å². The van der Waals surface area contributed by atoms with Crippen LogP contribution in [0.5, 0.6) is 11.5 Å². The molecule has 5 nitrogen and oxygen atoms in total. The number of benzene rings is 3. The quantitative estimate of drug-likeness (QED) is 0.440. The molecule has 0 saturated heterocycles. The van der Waals surface area contributed by atoms with Crippen molar-refractivity contribution in [2.24, 2.45) is 4.99 Å². The highest BCUT2D eigenvalue weighted by atomic mass is 19.1. The van der Waals surface area contributed by atoms with Crippen LogP contribution in [-0.2, 0) is 16.1 Å². The average Bonchev–Trinajstić information content (AvgIpc) is 3.14. The molecule has 0 bridgehead atoms. The fraction of sp³-hybridized carbons (Fsp3) is 0.0833. The van der Waals surface area contributed by atoms with Crippen LogP contribution >= 0.6 is 0 Å². The van der Waals surface area contributed by atoms with Crippen molar-refractivity contribution in [1.82, 2.24) is 0 Å². The first-order valence-electron chi connectivity index (χ1n) is 9.25. The molecule has 1 aliphatic rings. The maximum atomic E-state index is 13.0. The lowest BCUT2D eigenvalue weighted by Gasteiger charge is -2.11. The number of hydrogen-bond acceptors (Lipinski definition) is 5.